The molecule has 2 heterocycles. The maximum Gasteiger partial charge on any atom is 0.416 e. The quantitative estimate of drug-likeness (QED) is 0.402. The number of rotatable bonds is 7. The van der Waals surface area contributed by atoms with Crippen LogP contribution in [0.1, 0.15) is 48.7 Å². The highest BCUT2D eigenvalue weighted by atomic mass is 33.1. The Balaban J connectivity index is 2.02. The molecule has 1 saturated heterocycles. The molecule has 2 atom stereocenters. The number of aliphatic hydroxyl groups excluding tert-OH is 3. The van der Waals surface area contributed by atoms with Crippen molar-refractivity contribution >= 4 is 39.3 Å². The molecule has 0 bridgehead atoms. The fourth-order valence-electron chi connectivity index (χ4n) is 3.88. The SMILES string of the molecule is C=C1C[C@H]2C(O)N(C(=O)OCC(C)(C)SSCC)c3cc(CO)c(CO)cc3C(=O)N2C1. The lowest BCUT2D eigenvalue weighted by Crippen LogP contribution is -2.51. The molecule has 0 spiro atoms. The summed E-state index contributed by atoms with van der Waals surface area (Å²) in [5.41, 5.74) is 1.85. The lowest BCUT2D eigenvalue weighted by atomic mass is 10.0. The van der Waals surface area contributed by atoms with Gasteiger partial charge in [0.2, 0.25) is 0 Å². The second-order valence-electron chi connectivity index (χ2n) is 8.50. The molecule has 2 aliphatic rings. The number of hydrogen-bond donors (Lipinski definition) is 3. The minimum atomic E-state index is -1.35. The molecule has 0 aromatic heterocycles. The Morgan fingerprint density at radius 1 is 1.28 bits per heavy atom. The Kier molecular flexibility index (Phi) is 7.82. The number of nitrogens with zero attached hydrogens (tertiary/aromatic N) is 2. The van der Waals surface area contributed by atoms with Gasteiger partial charge in [-0.2, -0.15) is 0 Å². The van der Waals surface area contributed by atoms with Gasteiger partial charge in [0.25, 0.3) is 5.91 Å². The van der Waals surface area contributed by atoms with Crippen molar-refractivity contribution in [2.75, 3.05) is 23.8 Å². The molecule has 3 N–H and O–H groups in total. The molecule has 1 fully saturated rings. The summed E-state index contributed by atoms with van der Waals surface area (Å²) in [6.07, 6.45) is -1.76. The van der Waals surface area contributed by atoms with E-state index in [1.54, 1.807) is 21.6 Å². The molecule has 32 heavy (non-hydrogen) atoms. The van der Waals surface area contributed by atoms with E-state index in [4.69, 9.17) is 4.74 Å². The molecule has 0 aliphatic carbocycles. The third-order valence-electron chi connectivity index (χ3n) is 5.45. The average Bonchev–Trinajstić information content (AvgIpc) is 3.14. The van der Waals surface area contributed by atoms with Gasteiger partial charge in [0, 0.05) is 12.3 Å². The second kappa shape index (κ2) is 10.0. The van der Waals surface area contributed by atoms with Crippen LogP contribution in [-0.4, -0.2) is 68.1 Å². The van der Waals surface area contributed by atoms with Crippen LogP contribution in [0.25, 0.3) is 0 Å². The number of fused-ring (bicyclic) bond motifs is 2. The highest BCUT2D eigenvalue weighted by Gasteiger charge is 2.46. The molecule has 10 heteroatoms. The van der Waals surface area contributed by atoms with Crippen LogP contribution in [0.4, 0.5) is 10.5 Å². The van der Waals surface area contributed by atoms with Crippen LogP contribution < -0.4 is 4.90 Å². The molecule has 1 aromatic rings. The molecular formula is C22H30N2O6S2. The second-order valence-corrected chi connectivity index (χ2v) is 11.8. The number of ether oxygens (including phenoxy) is 1. The van der Waals surface area contributed by atoms with Gasteiger partial charge >= 0.3 is 6.09 Å². The fraction of sp³-hybridized carbons (Fsp3) is 0.545. The number of anilines is 1. The smallest absolute Gasteiger partial charge is 0.416 e. The van der Waals surface area contributed by atoms with Crippen molar-refractivity contribution in [3.8, 4) is 0 Å². The van der Waals surface area contributed by atoms with E-state index in [-0.39, 0.29) is 41.7 Å². The van der Waals surface area contributed by atoms with E-state index >= 15 is 0 Å². The maximum atomic E-state index is 13.3. The van der Waals surface area contributed by atoms with Gasteiger partial charge in [0.15, 0.2) is 6.23 Å². The van der Waals surface area contributed by atoms with E-state index in [0.717, 1.165) is 16.2 Å². The molecule has 0 radical (unpaired) electrons. The lowest BCUT2D eigenvalue weighted by Gasteiger charge is -2.32. The zero-order valence-corrected chi connectivity index (χ0v) is 20.2. The lowest BCUT2D eigenvalue weighted by molar-refractivity contribution is 0.0486. The molecule has 1 aromatic carbocycles. The van der Waals surface area contributed by atoms with Crippen LogP contribution >= 0.6 is 21.6 Å². The summed E-state index contributed by atoms with van der Waals surface area (Å²) in [4.78, 5) is 29.1. The van der Waals surface area contributed by atoms with Crippen LogP contribution in [0.5, 0.6) is 0 Å². The van der Waals surface area contributed by atoms with Crippen molar-refractivity contribution in [1.82, 2.24) is 4.90 Å². The molecule has 1 unspecified atom stereocenters. The van der Waals surface area contributed by atoms with E-state index in [1.165, 1.54) is 17.0 Å². The minimum absolute atomic E-state index is 0.110. The summed E-state index contributed by atoms with van der Waals surface area (Å²) in [6, 6.07) is 2.27. The molecule has 2 amide bonds. The van der Waals surface area contributed by atoms with Gasteiger partial charge in [-0.3, -0.25) is 4.79 Å². The van der Waals surface area contributed by atoms with Gasteiger partial charge in [0.1, 0.15) is 6.61 Å². The number of carbonyl (C=O) groups excluding carboxylic acids is 2. The summed E-state index contributed by atoms with van der Waals surface area (Å²) in [5, 5.41) is 30.6. The molecule has 3 rings (SSSR count). The standard InChI is InChI=1S/C22H30N2O6S2/c1-5-31-32-22(3,4)12-30-21(29)24-17-8-15(11-26)14(10-25)7-16(17)19(27)23-9-13(2)6-18(23)20(24)28/h7-8,18,20,25-26,28H,2,5-6,9-12H2,1,3-4H3/t18-,20?/m0/s1. The van der Waals surface area contributed by atoms with Crippen LogP contribution in [0.3, 0.4) is 0 Å². The van der Waals surface area contributed by atoms with Gasteiger partial charge in [-0.15, -0.1) is 0 Å². The minimum Gasteiger partial charge on any atom is -0.448 e. The van der Waals surface area contributed by atoms with Gasteiger partial charge in [0.05, 0.1) is 35.3 Å². The van der Waals surface area contributed by atoms with Crippen molar-refractivity contribution < 1.29 is 29.6 Å². The molecular weight excluding hydrogens is 452 g/mol. The first-order valence-corrected chi connectivity index (χ1v) is 12.7. The first-order valence-electron chi connectivity index (χ1n) is 10.4. The van der Waals surface area contributed by atoms with Crippen LogP contribution in [-0.2, 0) is 18.0 Å². The van der Waals surface area contributed by atoms with E-state index in [9.17, 15) is 24.9 Å². The van der Waals surface area contributed by atoms with E-state index in [0.29, 0.717) is 17.5 Å². The molecule has 0 saturated carbocycles. The Labute approximate surface area is 196 Å². The van der Waals surface area contributed by atoms with E-state index in [2.05, 4.69) is 6.58 Å². The highest BCUT2D eigenvalue weighted by molar-refractivity contribution is 8.77. The zero-order valence-electron chi connectivity index (χ0n) is 18.5. The normalized spacial score (nSPS) is 20.8. The zero-order chi connectivity index (χ0) is 23.6. The Morgan fingerprint density at radius 2 is 1.94 bits per heavy atom. The summed E-state index contributed by atoms with van der Waals surface area (Å²) in [5.74, 6) is 0.549. The third kappa shape index (κ3) is 4.94. The molecule has 2 aliphatic heterocycles. The predicted octanol–water partition coefficient (Wildman–Crippen LogP) is 2.90. The summed E-state index contributed by atoms with van der Waals surface area (Å²) >= 11 is 0. The molecule has 176 valence electrons. The number of benzene rings is 1. The van der Waals surface area contributed by atoms with Crippen LogP contribution in [0, 0.1) is 0 Å². The van der Waals surface area contributed by atoms with Crippen molar-refractivity contribution in [1.29, 1.82) is 0 Å². The van der Waals surface area contributed by atoms with Gasteiger partial charge < -0.3 is 25.0 Å². The van der Waals surface area contributed by atoms with Crippen molar-refractivity contribution in [3.63, 3.8) is 0 Å². The van der Waals surface area contributed by atoms with Gasteiger partial charge in [-0.25, -0.2) is 9.69 Å². The number of carbonyl (C=O) groups is 2. The third-order valence-corrected chi connectivity index (χ3v) is 8.79. The monoisotopic (exact) mass is 482 g/mol. The number of hydrogen-bond acceptors (Lipinski definition) is 8. The predicted molar refractivity (Wildman–Crippen MR) is 127 cm³/mol. The van der Waals surface area contributed by atoms with E-state index in [1.807, 2.05) is 20.8 Å². The van der Waals surface area contributed by atoms with E-state index < -0.39 is 25.0 Å². The van der Waals surface area contributed by atoms with Crippen LogP contribution in [0.15, 0.2) is 24.3 Å². The molecule has 8 nitrogen and oxygen atoms in total. The Bertz CT molecular complexity index is 907. The fourth-order valence-corrected chi connectivity index (χ4v) is 5.88. The number of aliphatic hydroxyl groups is 3. The average molecular weight is 483 g/mol. The van der Waals surface area contributed by atoms with Crippen molar-refractivity contribution in [2.45, 2.75) is 57.4 Å². The Morgan fingerprint density at radius 3 is 2.56 bits per heavy atom. The van der Waals surface area contributed by atoms with Gasteiger partial charge in [-0.05, 0) is 43.5 Å². The first kappa shape index (κ1) is 24.9. The number of amides is 2. The first-order chi connectivity index (χ1) is 15.1. The highest BCUT2D eigenvalue weighted by Crippen LogP contribution is 2.39. The van der Waals surface area contributed by atoms with Crippen molar-refractivity contribution in [2.24, 2.45) is 0 Å². The van der Waals surface area contributed by atoms with Crippen molar-refractivity contribution in [3.05, 3.63) is 41.0 Å². The largest absolute Gasteiger partial charge is 0.448 e. The maximum absolute atomic E-state index is 13.3. The van der Waals surface area contributed by atoms with Crippen LogP contribution in [0.2, 0.25) is 0 Å². The summed E-state index contributed by atoms with van der Waals surface area (Å²) < 4.78 is 5.24. The van der Waals surface area contributed by atoms with Gasteiger partial charge in [-0.1, -0.05) is 40.7 Å². The topological polar surface area (TPSA) is 111 Å². The summed E-state index contributed by atoms with van der Waals surface area (Å²) in [7, 11) is 3.28. The summed E-state index contributed by atoms with van der Waals surface area (Å²) in [6.45, 7) is 9.53. The Hall–Kier alpha value is -1.72.